The summed E-state index contributed by atoms with van der Waals surface area (Å²) in [7, 11) is 3.88. The molecule has 2 rings (SSSR count). The molecule has 1 aromatic heterocycles. The molecule has 2 aromatic rings. The van der Waals surface area contributed by atoms with E-state index in [-0.39, 0.29) is 29.4 Å². The molecule has 180 valence electrons. The Morgan fingerprint density at radius 3 is 2.33 bits per heavy atom. The first-order valence-corrected chi connectivity index (χ1v) is 11.1. The van der Waals surface area contributed by atoms with Crippen molar-refractivity contribution in [2.75, 3.05) is 32.1 Å². The number of carbonyl (C=O) groups excluding carboxylic acids is 2. The molecule has 0 aliphatic heterocycles. The third-order valence-corrected chi connectivity index (χ3v) is 5.37. The lowest BCUT2D eigenvalue weighted by atomic mass is 9.98. The second-order valence-corrected chi connectivity index (χ2v) is 8.15. The third kappa shape index (κ3) is 7.81. The maximum atomic E-state index is 12.8. The summed E-state index contributed by atoms with van der Waals surface area (Å²) in [5.74, 6) is -0.272. The summed E-state index contributed by atoms with van der Waals surface area (Å²) in [5.41, 5.74) is 6.94. The van der Waals surface area contributed by atoms with E-state index in [0.29, 0.717) is 24.5 Å². The molecular formula is C23H35N7O3. The number of unbranched alkanes of at least 4 members (excludes halogenated alkanes) is 1. The van der Waals surface area contributed by atoms with E-state index in [0.717, 1.165) is 24.9 Å². The Morgan fingerprint density at radius 2 is 1.76 bits per heavy atom. The summed E-state index contributed by atoms with van der Waals surface area (Å²) in [6.07, 6.45) is 3.61. The highest BCUT2D eigenvalue weighted by molar-refractivity contribution is 5.95. The van der Waals surface area contributed by atoms with E-state index in [2.05, 4.69) is 20.9 Å². The molecule has 0 saturated heterocycles. The molecule has 10 heteroatoms. The molecule has 6 N–H and O–H groups in total. The fourth-order valence-corrected chi connectivity index (χ4v) is 3.12. The minimum Gasteiger partial charge on any atom is -0.446 e. The molecule has 1 heterocycles. The Morgan fingerprint density at radius 1 is 1.12 bits per heavy atom. The largest absolute Gasteiger partial charge is 0.446 e. The summed E-state index contributed by atoms with van der Waals surface area (Å²) in [6.45, 7) is 5.06. The van der Waals surface area contributed by atoms with Gasteiger partial charge in [-0.3, -0.25) is 15.0 Å². The molecular weight excluding hydrogens is 422 g/mol. The zero-order valence-electron chi connectivity index (χ0n) is 19.8. The first-order valence-electron chi connectivity index (χ1n) is 11.1. The van der Waals surface area contributed by atoms with E-state index >= 15 is 0 Å². The zero-order chi connectivity index (χ0) is 24.4. The number of nitrogens with zero attached hydrogens (tertiary/aromatic N) is 2. The number of nitrogens with one attached hydrogen (secondary N) is 4. The van der Waals surface area contributed by atoms with Crippen molar-refractivity contribution in [1.29, 1.82) is 5.41 Å². The van der Waals surface area contributed by atoms with Crippen molar-refractivity contribution in [3.8, 4) is 0 Å². The predicted molar refractivity (Wildman–Crippen MR) is 128 cm³/mol. The van der Waals surface area contributed by atoms with Gasteiger partial charge in [0, 0.05) is 38.4 Å². The minimum atomic E-state index is -0.463. The lowest BCUT2D eigenvalue weighted by Gasteiger charge is -2.21. The van der Waals surface area contributed by atoms with E-state index in [1.165, 1.54) is 6.26 Å². The van der Waals surface area contributed by atoms with Crippen LogP contribution in [0.25, 0.3) is 0 Å². The molecule has 0 unspecified atom stereocenters. The van der Waals surface area contributed by atoms with Crippen LogP contribution in [-0.2, 0) is 0 Å². The van der Waals surface area contributed by atoms with Crippen molar-refractivity contribution >= 4 is 23.5 Å². The Labute approximate surface area is 194 Å². The van der Waals surface area contributed by atoms with Crippen LogP contribution in [0.2, 0.25) is 0 Å². The van der Waals surface area contributed by atoms with Crippen molar-refractivity contribution in [3.63, 3.8) is 0 Å². The van der Waals surface area contributed by atoms with Gasteiger partial charge >= 0.3 is 0 Å². The van der Waals surface area contributed by atoms with Crippen molar-refractivity contribution < 1.29 is 14.0 Å². The molecule has 2 amide bonds. The van der Waals surface area contributed by atoms with Gasteiger partial charge in [-0.05, 0) is 43.0 Å². The van der Waals surface area contributed by atoms with E-state index in [9.17, 15) is 9.59 Å². The number of amides is 2. The number of guanidine groups is 1. The quantitative estimate of drug-likeness (QED) is 0.186. The van der Waals surface area contributed by atoms with Gasteiger partial charge < -0.3 is 31.0 Å². The van der Waals surface area contributed by atoms with Crippen LogP contribution < -0.4 is 26.6 Å². The van der Waals surface area contributed by atoms with Gasteiger partial charge in [-0.15, -0.1) is 0 Å². The van der Waals surface area contributed by atoms with Gasteiger partial charge in [0.2, 0.25) is 5.89 Å². The molecule has 0 spiro atoms. The van der Waals surface area contributed by atoms with Crippen molar-refractivity contribution in [1.82, 2.24) is 20.9 Å². The molecule has 0 saturated carbocycles. The van der Waals surface area contributed by atoms with Crippen LogP contribution in [0.5, 0.6) is 0 Å². The Bertz CT molecular complexity index is 924. The number of carbonyl (C=O) groups is 2. The number of hydrogen-bond acceptors (Lipinski definition) is 6. The molecule has 0 aliphatic rings. The van der Waals surface area contributed by atoms with Crippen LogP contribution >= 0.6 is 0 Å². The predicted octanol–water partition coefficient (Wildman–Crippen LogP) is 2.25. The van der Waals surface area contributed by atoms with E-state index in [1.54, 1.807) is 12.1 Å². The number of aromatic nitrogens is 1. The van der Waals surface area contributed by atoms with Crippen molar-refractivity contribution in [3.05, 3.63) is 47.7 Å². The van der Waals surface area contributed by atoms with Gasteiger partial charge in [-0.2, -0.15) is 0 Å². The summed E-state index contributed by atoms with van der Waals surface area (Å²) >= 11 is 0. The highest BCUT2D eigenvalue weighted by Gasteiger charge is 2.26. The van der Waals surface area contributed by atoms with Crippen LogP contribution in [0.4, 0.5) is 5.69 Å². The average molecular weight is 458 g/mol. The number of anilines is 1. The van der Waals surface area contributed by atoms with Gasteiger partial charge in [0.1, 0.15) is 12.3 Å². The molecule has 2 atom stereocenters. The monoisotopic (exact) mass is 457 g/mol. The molecule has 0 fully saturated rings. The molecule has 0 radical (unpaired) electrons. The summed E-state index contributed by atoms with van der Waals surface area (Å²) < 4.78 is 5.59. The lowest BCUT2D eigenvalue weighted by molar-refractivity contribution is 0.0912. The maximum absolute atomic E-state index is 12.8. The smallest absolute Gasteiger partial charge is 0.273 e. The molecule has 0 bridgehead atoms. The van der Waals surface area contributed by atoms with Crippen LogP contribution in [0.1, 0.15) is 65.9 Å². The highest BCUT2D eigenvalue weighted by Crippen LogP contribution is 2.25. The van der Waals surface area contributed by atoms with E-state index < -0.39 is 6.04 Å². The number of rotatable bonds is 12. The van der Waals surface area contributed by atoms with Gasteiger partial charge in [0.05, 0.1) is 0 Å². The first-order chi connectivity index (χ1) is 15.7. The standard InChI is InChI=1S/C23H35N7O3/c1-5-15(2)19(29-20(31)16-8-10-17(11-9-16)30(3)4)22-28-18(14-33-22)21(32)26-12-6-7-13-27-23(24)25/h8-11,14-15,19H,5-7,12-13H2,1-4H3,(H,26,32)(H,29,31)(H4,24,25,27)/t15-,19-/m0/s1. The Balaban J connectivity index is 1.99. The van der Waals surface area contributed by atoms with Crippen molar-refractivity contribution in [2.24, 2.45) is 11.7 Å². The normalized spacial score (nSPS) is 12.5. The van der Waals surface area contributed by atoms with Crippen LogP contribution in [0.15, 0.2) is 34.9 Å². The van der Waals surface area contributed by atoms with E-state index in [4.69, 9.17) is 15.6 Å². The molecule has 0 aliphatic carbocycles. The molecule has 10 nitrogen and oxygen atoms in total. The third-order valence-electron chi connectivity index (χ3n) is 5.37. The zero-order valence-corrected chi connectivity index (χ0v) is 19.8. The Hall–Kier alpha value is -3.56. The van der Waals surface area contributed by atoms with Crippen LogP contribution in [-0.4, -0.2) is 49.9 Å². The average Bonchev–Trinajstić information content (AvgIpc) is 3.28. The van der Waals surface area contributed by atoms with Crippen LogP contribution in [0, 0.1) is 11.3 Å². The fourth-order valence-electron chi connectivity index (χ4n) is 3.12. The fraction of sp³-hybridized carbons (Fsp3) is 0.478. The van der Waals surface area contributed by atoms with Gasteiger partial charge in [0.25, 0.3) is 11.8 Å². The summed E-state index contributed by atoms with van der Waals surface area (Å²) in [4.78, 5) is 31.5. The summed E-state index contributed by atoms with van der Waals surface area (Å²) in [5, 5.41) is 15.6. The summed E-state index contributed by atoms with van der Waals surface area (Å²) in [6, 6.07) is 6.86. The number of nitrogens with two attached hydrogens (primary N) is 1. The highest BCUT2D eigenvalue weighted by atomic mass is 16.3. The van der Waals surface area contributed by atoms with Gasteiger partial charge in [0.15, 0.2) is 11.7 Å². The van der Waals surface area contributed by atoms with Gasteiger partial charge in [-0.1, -0.05) is 20.3 Å². The number of hydrogen-bond donors (Lipinski definition) is 5. The SMILES string of the molecule is CC[C@H](C)[C@H](NC(=O)c1ccc(N(C)C)cc1)c1nc(C(=O)NCCCCNC(=N)N)co1. The van der Waals surface area contributed by atoms with Gasteiger partial charge in [-0.25, -0.2) is 4.98 Å². The van der Waals surface area contributed by atoms with Crippen molar-refractivity contribution in [2.45, 2.75) is 39.2 Å². The maximum Gasteiger partial charge on any atom is 0.273 e. The second-order valence-electron chi connectivity index (χ2n) is 8.15. The Kier molecular flexibility index (Phi) is 9.71. The van der Waals surface area contributed by atoms with Crippen LogP contribution in [0.3, 0.4) is 0 Å². The minimum absolute atomic E-state index is 0.0540. The van der Waals surface area contributed by atoms with E-state index in [1.807, 2.05) is 45.0 Å². The number of oxazole rings is 1. The second kappa shape index (κ2) is 12.5. The molecule has 1 aromatic carbocycles. The lowest BCUT2D eigenvalue weighted by Crippen LogP contribution is -2.33. The molecule has 33 heavy (non-hydrogen) atoms. The number of benzene rings is 1. The first kappa shape index (κ1) is 25.7. The topological polar surface area (TPSA) is 149 Å².